The number of hydrogen-bond donors (Lipinski definition) is 1. The molecule has 0 aromatic heterocycles. The Balaban J connectivity index is 1.73. The third-order valence-electron chi connectivity index (χ3n) is 4.01. The molecular weight excluding hydrogens is 328 g/mol. The van der Waals surface area contributed by atoms with Gasteiger partial charge in [-0.25, -0.2) is 4.79 Å². The van der Waals surface area contributed by atoms with Gasteiger partial charge in [-0.05, 0) is 23.3 Å². The normalized spacial score (nSPS) is 22.6. The van der Waals surface area contributed by atoms with Crippen molar-refractivity contribution in [3.8, 4) is 5.75 Å². The SMILES string of the molecule is C=CC1=C(C(=O)OCc2ccc(OC)cc2)N2C(=O)[C@@H](N)C2SC1. The number of carbonyl (C=O) groups is 2. The van der Waals surface area contributed by atoms with Crippen molar-refractivity contribution in [1.29, 1.82) is 0 Å². The second-order valence-electron chi connectivity index (χ2n) is 5.44. The van der Waals surface area contributed by atoms with Gasteiger partial charge in [0.2, 0.25) is 5.91 Å². The number of esters is 1. The Morgan fingerprint density at radius 3 is 2.79 bits per heavy atom. The van der Waals surface area contributed by atoms with E-state index in [2.05, 4.69) is 6.58 Å². The highest BCUT2D eigenvalue weighted by Gasteiger charge is 2.51. The van der Waals surface area contributed by atoms with Crippen LogP contribution in [-0.4, -0.2) is 41.1 Å². The van der Waals surface area contributed by atoms with E-state index < -0.39 is 12.0 Å². The van der Waals surface area contributed by atoms with Crippen molar-refractivity contribution >= 4 is 23.6 Å². The number of amides is 1. The zero-order valence-corrected chi connectivity index (χ0v) is 14.0. The molecule has 1 fully saturated rings. The molecule has 0 radical (unpaired) electrons. The number of allylic oxidation sites excluding steroid dienone is 1. The molecule has 0 bridgehead atoms. The van der Waals surface area contributed by atoms with Crippen molar-refractivity contribution in [3.05, 3.63) is 53.8 Å². The first-order chi connectivity index (χ1) is 11.6. The molecule has 2 aliphatic rings. The predicted octanol–water partition coefficient (Wildman–Crippen LogP) is 1.42. The predicted molar refractivity (Wildman–Crippen MR) is 91.1 cm³/mol. The van der Waals surface area contributed by atoms with Crippen molar-refractivity contribution in [2.24, 2.45) is 5.73 Å². The lowest BCUT2D eigenvalue weighted by Crippen LogP contribution is -2.68. The topological polar surface area (TPSA) is 81.9 Å². The average molecular weight is 346 g/mol. The summed E-state index contributed by atoms with van der Waals surface area (Å²) in [4.78, 5) is 25.9. The number of hydrogen-bond acceptors (Lipinski definition) is 6. The molecule has 3 rings (SSSR count). The number of nitrogens with two attached hydrogens (primary N) is 1. The van der Waals surface area contributed by atoms with Gasteiger partial charge < -0.3 is 15.2 Å². The van der Waals surface area contributed by atoms with Crippen LogP contribution in [0, 0.1) is 0 Å². The van der Waals surface area contributed by atoms with E-state index in [0.29, 0.717) is 11.3 Å². The summed E-state index contributed by atoms with van der Waals surface area (Å²) >= 11 is 1.53. The number of thioether (sulfide) groups is 1. The smallest absolute Gasteiger partial charge is 0.355 e. The number of nitrogens with zero attached hydrogens (tertiary/aromatic N) is 1. The van der Waals surface area contributed by atoms with Gasteiger partial charge in [0.1, 0.15) is 29.5 Å². The van der Waals surface area contributed by atoms with Crippen molar-refractivity contribution in [2.75, 3.05) is 12.9 Å². The molecular formula is C17H18N2O4S. The number of methoxy groups -OCH3 is 1. The Labute approximate surface area is 144 Å². The van der Waals surface area contributed by atoms with Crippen molar-refractivity contribution in [3.63, 3.8) is 0 Å². The number of carbonyl (C=O) groups excluding carboxylic acids is 2. The van der Waals surface area contributed by atoms with E-state index in [1.165, 1.54) is 16.7 Å². The van der Waals surface area contributed by atoms with Crippen LogP contribution in [0.25, 0.3) is 0 Å². The molecule has 2 aliphatic heterocycles. The summed E-state index contributed by atoms with van der Waals surface area (Å²) in [5.41, 5.74) is 7.57. The molecule has 126 valence electrons. The summed E-state index contributed by atoms with van der Waals surface area (Å²) in [6.07, 6.45) is 1.59. The molecule has 1 unspecified atom stereocenters. The van der Waals surface area contributed by atoms with Gasteiger partial charge in [0, 0.05) is 5.75 Å². The fourth-order valence-electron chi connectivity index (χ4n) is 2.62. The van der Waals surface area contributed by atoms with E-state index in [1.807, 2.05) is 12.1 Å². The summed E-state index contributed by atoms with van der Waals surface area (Å²) in [7, 11) is 1.59. The Bertz CT molecular complexity index is 714. The molecule has 1 aromatic rings. The third kappa shape index (κ3) is 2.81. The van der Waals surface area contributed by atoms with Gasteiger partial charge in [-0.2, -0.15) is 0 Å². The molecule has 1 saturated heterocycles. The van der Waals surface area contributed by atoms with Gasteiger partial charge in [-0.1, -0.05) is 24.8 Å². The number of rotatable bonds is 5. The van der Waals surface area contributed by atoms with Crippen LogP contribution in [0.15, 0.2) is 48.2 Å². The summed E-state index contributed by atoms with van der Waals surface area (Å²) < 4.78 is 10.5. The van der Waals surface area contributed by atoms with E-state index >= 15 is 0 Å². The Morgan fingerprint density at radius 1 is 1.46 bits per heavy atom. The van der Waals surface area contributed by atoms with Crippen LogP contribution in [0.1, 0.15) is 5.56 Å². The maximum Gasteiger partial charge on any atom is 0.355 e. The number of ether oxygens (including phenoxy) is 2. The molecule has 2 atom stereocenters. The quantitative estimate of drug-likeness (QED) is 0.641. The maximum absolute atomic E-state index is 12.5. The molecule has 0 saturated carbocycles. The zero-order valence-electron chi connectivity index (χ0n) is 13.2. The minimum Gasteiger partial charge on any atom is -0.497 e. The first kappa shape index (κ1) is 16.6. The first-order valence-electron chi connectivity index (χ1n) is 7.42. The van der Waals surface area contributed by atoms with Crippen LogP contribution in [0.5, 0.6) is 5.75 Å². The van der Waals surface area contributed by atoms with Gasteiger partial charge in [-0.3, -0.25) is 9.69 Å². The van der Waals surface area contributed by atoms with Crippen LogP contribution in [0.4, 0.5) is 0 Å². The second kappa shape index (κ2) is 6.70. The van der Waals surface area contributed by atoms with E-state index in [-0.39, 0.29) is 23.6 Å². The van der Waals surface area contributed by atoms with E-state index in [9.17, 15) is 9.59 Å². The van der Waals surface area contributed by atoms with Gasteiger partial charge in [0.05, 0.1) is 7.11 Å². The van der Waals surface area contributed by atoms with Gasteiger partial charge in [0.25, 0.3) is 0 Å². The average Bonchev–Trinajstić information content (AvgIpc) is 2.64. The molecule has 1 amide bonds. The number of benzene rings is 1. The molecule has 1 aromatic carbocycles. The molecule has 0 aliphatic carbocycles. The van der Waals surface area contributed by atoms with Crippen molar-refractivity contribution in [1.82, 2.24) is 4.90 Å². The Hall–Kier alpha value is -2.25. The third-order valence-corrected chi connectivity index (χ3v) is 5.33. The number of β-lactam (4-membered cyclic amide) rings is 1. The maximum atomic E-state index is 12.5. The van der Waals surface area contributed by atoms with Gasteiger partial charge in [0.15, 0.2) is 0 Å². The van der Waals surface area contributed by atoms with E-state index in [1.54, 1.807) is 25.3 Å². The largest absolute Gasteiger partial charge is 0.497 e. The lowest BCUT2D eigenvalue weighted by Gasteiger charge is -2.48. The highest BCUT2D eigenvalue weighted by atomic mass is 32.2. The van der Waals surface area contributed by atoms with Crippen LogP contribution in [0.3, 0.4) is 0 Å². The Morgan fingerprint density at radius 2 is 2.17 bits per heavy atom. The molecule has 2 heterocycles. The standard InChI is InChI=1S/C17H18N2O4S/c1-3-11-9-24-16-13(18)15(20)19(16)14(11)17(21)23-8-10-4-6-12(22-2)7-5-10/h3-7,13,16H,1,8-9,18H2,2H3/t13-,16?/m1/s1. The summed E-state index contributed by atoms with van der Waals surface area (Å²) in [6.45, 7) is 3.83. The highest BCUT2D eigenvalue weighted by molar-refractivity contribution is 8.00. The lowest BCUT2D eigenvalue weighted by atomic mass is 10.0. The fourth-order valence-corrected chi connectivity index (χ4v) is 3.91. The van der Waals surface area contributed by atoms with Crippen LogP contribution in [-0.2, 0) is 20.9 Å². The second-order valence-corrected chi connectivity index (χ2v) is 6.54. The molecule has 2 N–H and O–H groups in total. The fraction of sp³-hybridized carbons (Fsp3) is 0.294. The number of fused-ring (bicyclic) bond motifs is 1. The lowest BCUT2D eigenvalue weighted by molar-refractivity contribution is -0.151. The molecule has 6 nitrogen and oxygen atoms in total. The summed E-state index contributed by atoms with van der Waals surface area (Å²) in [6, 6.07) is 6.66. The summed E-state index contributed by atoms with van der Waals surface area (Å²) in [5, 5.41) is -0.204. The first-order valence-corrected chi connectivity index (χ1v) is 8.47. The van der Waals surface area contributed by atoms with Crippen molar-refractivity contribution in [2.45, 2.75) is 18.0 Å². The van der Waals surface area contributed by atoms with Gasteiger partial charge >= 0.3 is 5.97 Å². The van der Waals surface area contributed by atoms with E-state index in [4.69, 9.17) is 15.2 Å². The minimum atomic E-state index is -0.564. The summed E-state index contributed by atoms with van der Waals surface area (Å²) in [5.74, 6) is 0.516. The zero-order chi connectivity index (χ0) is 17.3. The molecule has 0 spiro atoms. The van der Waals surface area contributed by atoms with E-state index in [0.717, 1.165) is 11.3 Å². The van der Waals surface area contributed by atoms with Crippen LogP contribution in [0.2, 0.25) is 0 Å². The Kier molecular flexibility index (Phi) is 4.64. The monoisotopic (exact) mass is 346 g/mol. The minimum absolute atomic E-state index is 0.114. The van der Waals surface area contributed by atoms with Crippen LogP contribution >= 0.6 is 11.8 Å². The van der Waals surface area contributed by atoms with Crippen molar-refractivity contribution < 1.29 is 19.1 Å². The molecule has 7 heteroatoms. The highest BCUT2D eigenvalue weighted by Crippen LogP contribution is 2.40. The van der Waals surface area contributed by atoms with Crippen LogP contribution < -0.4 is 10.5 Å². The molecule has 24 heavy (non-hydrogen) atoms. The van der Waals surface area contributed by atoms with Gasteiger partial charge in [-0.15, -0.1) is 11.8 Å².